The Morgan fingerprint density at radius 3 is 2.89 bits per heavy atom. The lowest BCUT2D eigenvalue weighted by Gasteiger charge is -2.15. The Kier molecular flexibility index (Phi) is 6.46. The third kappa shape index (κ3) is 4.84. The molecular weight excluding hydrogens is 321 g/mol. The molecule has 0 bridgehead atoms. The molecule has 0 aliphatic carbocycles. The van der Waals surface area contributed by atoms with Crippen LogP contribution in [0.2, 0.25) is 5.02 Å². The van der Waals surface area contributed by atoms with E-state index in [9.17, 15) is 4.79 Å². The van der Waals surface area contributed by atoms with Gasteiger partial charge in [-0.2, -0.15) is 0 Å². The Balaban J connectivity index is 2.53. The van der Waals surface area contributed by atoms with Gasteiger partial charge in [-0.3, -0.25) is 4.79 Å². The van der Waals surface area contributed by atoms with Gasteiger partial charge < -0.3 is 14.8 Å². The molecule has 0 aromatic heterocycles. The van der Waals surface area contributed by atoms with Crippen molar-refractivity contribution in [1.82, 2.24) is 5.32 Å². The second-order valence-electron chi connectivity index (χ2n) is 3.62. The molecule has 0 saturated carbocycles. The van der Waals surface area contributed by atoms with Crippen molar-refractivity contribution in [2.45, 2.75) is 13.0 Å². The standard InChI is InChI=1S/C12H15BrClNO3/c1-8(12(16)15-5-6-17-2)18-11-4-3-9(14)7-10(11)13/h3-4,7-8H,5-6H2,1-2H3,(H,15,16)/t8-/m0/s1. The number of hydrogen-bond acceptors (Lipinski definition) is 3. The Labute approximate surface area is 120 Å². The average Bonchev–Trinajstić information content (AvgIpc) is 2.32. The summed E-state index contributed by atoms with van der Waals surface area (Å²) in [6.07, 6.45) is -0.584. The number of carbonyl (C=O) groups excluding carboxylic acids is 1. The summed E-state index contributed by atoms with van der Waals surface area (Å²) in [5.41, 5.74) is 0. The fourth-order valence-electron chi connectivity index (χ4n) is 1.23. The first-order valence-corrected chi connectivity index (χ1v) is 6.60. The van der Waals surface area contributed by atoms with E-state index in [1.165, 1.54) is 0 Å². The summed E-state index contributed by atoms with van der Waals surface area (Å²) in [4.78, 5) is 11.7. The summed E-state index contributed by atoms with van der Waals surface area (Å²) in [6.45, 7) is 2.62. The van der Waals surface area contributed by atoms with Crippen molar-refractivity contribution in [2.24, 2.45) is 0 Å². The number of carbonyl (C=O) groups is 1. The highest BCUT2D eigenvalue weighted by molar-refractivity contribution is 9.10. The normalized spacial score (nSPS) is 12.0. The van der Waals surface area contributed by atoms with Crippen LogP contribution in [0.25, 0.3) is 0 Å². The molecule has 0 radical (unpaired) electrons. The first-order valence-electron chi connectivity index (χ1n) is 5.43. The molecule has 0 unspecified atom stereocenters. The summed E-state index contributed by atoms with van der Waals surface area (Å²) < 4.78 is 11.1. The van der Waals surface area contributed by atoms with Gasteiger partial charge in [0.05, 0.1) is 11.1 Å². The molecule has 18 heavy (non-hydrogen) atoms. The molecule has 0 aliphatic rings. The molecule has 1 rings (SSSR count). The van der Waals surface area contributed by atoms with E-state index < -0.39 is 6.10 Å². The molecule has 100 valence electrons. The van der Waals surface area contributed by atoms with Crippen LogP contribution in [0.1, 0.15) is 6.92 Å². The fraction of sp³-hybridized carbons (Fsp3) is 0.417. The molecule has 0 aliphatic heterocycles. The largest absolute Gasteiger partial charge is 0.480 e. The van der Waals surface area contributed by atoms with Crippen LogP contribution in [0.5, 0.6) is 5.75 Å². The Morgan fingerprint density at radius 2 is 2.28 bits per heavy atom. The molecule has 0 fully saturated rings. The molecule has 1 N–H and O–H groups in total. The van der Waals surface area contributed by atoms with E-state index in [-0.39, 0.29) is 5.91 Å². The maximum atomic E-state index is 11.7. The summed E-state index contributed by atoms with van der Waals surface area (Å²) in [7, 11) is 1.58. The van der Waals surface area contributed by atoms with Crippen molar-refractivity contribution in [3.05, 3.63) is 27.7 Å². The van der Waals surface area contributed by atoms with E-state index in [4.69, 9.17) is 21.1 Å². The molecule has 0 heterocycles. The minimum Gasteiger partial charge on any atom is -0.480 e. The molecular formula is C12H15BrClNO3. The van der Waals surface area contributed by atoms with Crippen LogP contribution in [0, 0.1) is 0 Å². The SMILES string of the molecule is COCCNC(=O)[C@H](C)Oc1ccc(Cl)cc1Br. The van der Waals surface area contributed by atoms with E-state index in [1.54, 1.807) is 32.2 Å². The van der Waals surface area contributed by atoms with Gasteiger partial charge in [0, 0.05) is 18.7 Å². The van der Waals surface area contributed by atoms with Crippen LogP contribution in [0.15, 0.2) is 22.7 Å². The third-order valence-electron chi connectivity index (χ3n) is 2.17. The monoisotopic (exact) mass is 335 g/mol. The van der Waals surface area contributed by atoms with Crippen LogP contribution < -0.4 is 10.1 Å². The molecule has 0 spiro atoms. The van der Waals surface area contributed by atoms with Crippen LogP contribution in [0.3, 0.4) is 0 Å². The molecule has 4 nitrogen and oxygen atoms in total. The number of ether oxygens (including phenoxy) is 2. The smallest absolute Gasteiger partial charge is 0.260 e. The predicted octanol–water partition coefficient (Wildman–Crippen LogP) is 2.63. The quantitative estimate of drug-likeness (QED) is 0.812. The van der Waals surface area contributed by atoms with Gasteiger partial charge in [0.1, 0.15) is 5.75 Å². The lowest BCUT2D eigenvalue weighted by molar-refractivity contribution is -0.127. The third-order valence-corrected chi connectivity index (χ3v) is 3.03. The van der Waals surface area contributed by atoms with Gasteiger partial charge in [-0.25, -0.2) is 0 Å². The summed E-state index contributed by atoms with van der Waals surface area (Å²) in [6, 6.07) is 5.13. The van der Waals surface area contributed by atoms with Gasteiger partial charge in [0.2, 0.25) is 0 Å². The van der Waals surface area contributed by atoms with Crippen LogP contribution in [-0.2, 0) is 9.53 Å². The number of benzene rings is 1. The zero-order chi connectivity index (χ0) is 13.5. The van der Waals surface area contributed by atoms with Crippen LogP contribution in [-0.4, -0.2) is 32.3 Å². The summed E-state index contributed by atoms with van der Waals surface area (Å²) in [5, 5.41) is 3.31. The van der Waals surface area contributed by atoms with Gasteiger partial charge in [0.25, 0.3) is 5.91 Å². The van der Waals surface area contributed by atoms with Crippen molar-refractivity contribution in [3.63, 3.8) is 0 Å². The van der Waals surface area contributed by atoms with Crippen molar-refractivity contribution in [1.29, 1.82) is 0 Å². The molecule has 1 amide bonds. The molecule has 1 atom stereocenters. The average molecular weight is 337 g/mol. The lowest BCUT2D eigenvalue weighted by Crippen LogP contribution is -2.37. The highest BCUT2D eigenvalue weighted by atomic mass is 79.9. The van der Waals surface area contributed by atoms with Crippen molar-refractivity contribution in [3.8, 4) is 5.75 Å². The Hall–Kier alpha value is -0.780. The van der Waals surface area contributed by atoms with E-state index in [1.807, 2.05) is 0 Å². The topological polar surface area (TPSA) is 47.6 Å². The Bertz CT molecular complexity index is 414. The van der Waals surface area contributed by atoms with Crippen molar-refractivity contribution >= 4 is 33.4 Å². The number of methoxy groups -OCH3 is 1. The number of nitrogens with one attached hydrogen (secondary N) is 1. The maximum Gasteiger partial charge on any atom is 0.260 e. The zero-order valence-electron chi connectivity index (χ0n) is 10.2. The van der Waals surface area contributed by atoms with E-state index >= 15 is 0 Å². The first-order chi connectivity index (χ1) is 8.54. The molecule has 1 aromatic carbocycles. The number of amides is 1. The highest BCUT2D eigenvalue weighted by Crippen LogP contribution is 2.28. The van der Waals surface area contributed by atoms with Gasteiger partial charge >= 0.3 is 0 Å². The van der Waals surface area contributed by atoms with Crippen LogP contribution >= 0.6 is 27.5 Å². The Morgan fingerprint density at radius 1 is 1.56 bits per heavy atom. The first kappa shape index (κ1) is 15.3. The minimum absolute atomic E-state index is 0.186. The van der Waals surface area contributed by atoms with Gasteiger partial charge in [-0.05, 0) is 41.1 Å². The summed E-state index contributed by atoms with van der Waals surface area (Å²) >= 11 is 9.15. The number of hydrogen-bond donors (Lipinski definition) is 1. The second kappa shape index (κ2) is 7.61. The van der Waals surface area contributed by atoms with E-state index in [0.29, 0.717) is 28.4 Å². The van der Waals surface area contributed by atoms with Gasteiger partial charge in [-0.1, -0.05) is 11.6 Å². The molecule has 0 saturated heterocycles. The van der Waals surface area contributed by atoms with E-state index in [0.717, 1.165) is 0 Å². The maximum absolute atomic E-state index is 11.7. The van der Waals surface area contributed by atoms with Crippen molar-refractivity contribution in [2.75, 3.05) is 20.3 Å². The predicted molar refractivity (Wildman–Crippen MR) is 74.1 cm³/mol. The van der Waals surface area contributed by atoms with Gasteiger partial charge in [0.15, 0.2) is 6.10 Å². The van der Waals surface area contributed by atoms with Crippen molar-refractivity contribution < 1.29 is 14.3 Å². The molecule has 6 heteroatoms. The number of halogens is 2. The lowest BCUT2D eigenvalue weighted by atomic mass is 10.3. The van der Waals surface area contributed by atoms with Gasteiger partial charge in [-0.15, -0.1) is 0 Å². The highest BCUT2D eigenvalue weighted by Gasteiger charge is 2.15. The summed E-state index contributed by atoms with van der Waals surface area (Å²) in [5.74, 6) is 0.391. The second-order valence-corrected chi connectivity index (χ2v) is 4.91. The van der Waals surface area contributed by atoms with Crippen LogP contribution in [0.4, 0.5) is 0 Å². The van der Waals surface area contributed by atoms with E-state index in [2.05, 4.69) is 21.2 Å². The molecule has 1 aromatic rings. The zero-order valence-corrected chi connectivity index (χ0v) is 12.5. The fourth-order valence-corrected chi connectivity index (χ4v) is 2.01. The number of rotatable bonds is 6. The minimum atomic E-state index is -0.584.